The summed E-state index contributed by atoms with van der Waals surface area (Å²) in [7, 11) is 1.59. The molecular formula is C28H29ClN2O5S. The second-order valence-electron chi connectivity index (χ2n) is 8.44. The second-order valence-corrected chi connectivity index (χ2v) is 9.85. The zero-order valence-corrected chi connectivity index (χ0v) is 22.8. The van der Waals surface area contributed by atoms with Gasteiger partial charge >= 0.3 is 5.97 Å². The number of hydrogen-bond donors (Lipinski definition) is 0. The maximum absolute atomic E-state index is 13.7. The number of allylic oxidation sites excluding steroid dienone is 1. The molecule has 2 aromatic carbocycles. The molecule has 0 fully saturated rings. The fraction of sp³-hybridized carbons (Fsp3) is 0.321. The molecule has 0 aliphatic carbocycles. The fourth-order valence-corrected chi connectivity index (χ4v) is 5.44. The van der Waals surface area contributed by atoms with E-state index in [-0.39, 0.29) is 12.2 Å². The number of rotatable bonds is 9. The molecule has 1 aliphatic heterocycles. The zero-order chi connectivity index (χ0) is 26.5. The van der Waals surface area contributed by atoms with Crippen molar-refractivity contribution < 1.29 is 19.0 Å². The largest absolute Gasteiger partial charge is 0.493 e. The fourth-order valence-electron chi connectivity index (χ4n) is 4.15. The van der Waals surface area contributed by atoms with E-state index in [9.17, 15) is 9.59 Å². The minimum absolute atomic E-state index is 0.204. The molecule has 7 nitrogen and oxygen atoms in total. The van der Waals surface area contributed by atoms with Gasteiger partial charge in [-0.25, -0.2) is 9.79 Å². The Bertz CT molecular complexity index is 1520. The van der Waals surface area contributed by atoms with Crippen LogP contribution in [0, 0.1) is 0 Å². The minimum atomic E-state index is -0.755. The highest BCUT2D eigenvalue weighted by Gasteiger charge is 2.34. The van der Waals surface area contributed by atoms with Crippen molar-refractivity contribution in [3.05, 3.63) is 89.6 Å². The lowest BCUT2D eigenvalue weighted by Crippen LogP contribution is -2.40. The molecule has 0 spiro atoms. The Balaban J connectivity index is 1.85. The highest BCUT2D eigenvalue weighted by atomic mass is 35.5. The summed E-state index contributed by atoms with van der Waals surface area (Å²) in [5, 5.41) is 0.446. The van der Waals surface area contributed by atoms with Crippen LogP contribution < -0.4 is 24.4 Å². The van der Waals surface area contributed by atoms with Gasteiger partial charge in [-0.1, -0.05) is 60.5 Å². The number of thiazole rings is 1. The molecule has 0 N–H and O–H groups in total. The summed E-state index contributed by atoms with van der Waals surface area (Å²) in [4.78, 5) is 31.8. The van der Waals surface area contributed by atoms with E-state index < -0.39 is 12.0 Å². The molecule has 1 aromatic heterocycles. The summed E-state index contributed by atoms with van der Waals surface area (Å²) < 4.78 is 18.7. The summed E-state index contributed by atoms with van der Waals surface area (Å²) in [6, 6.07) is 12.0. The Morgan fingerprint density at radius 3 is 2.68 bits per heavy atom. The predicted octanol–water partition coefficient (Wildman–Crippen LogP) is 4.64. The third-order valence-corrected chi connectivity index (χ3v) is 7.28. The number of nitrogens with zero attached hydrogens (tertiary/aromatic N) is 2. The Morgan fingerprint density at radius 1 is 1.19 bits per heavy atom. The highest BCUT2D eigenvalue weighted by Crippen LogP contribution is 2.34. The molecule has 3 aromatic rings. The Kier molecular flexibility index (Phi) is 8.51. The SMILES string of the molecule is CCCCOc1ccc(/C=c2/sc3n(c2=O)[C@@H](c2ccccc2Cl)C(C(=O)OCC)=C(C)N=3)cc1OC. The van der Waals surface area contributed by atoms with Crippen LogP contribution in [-0.4, -0.2) is 30.9 Å². The quantitative estimate of drug-likeness (QED) is 0.292. The molecule has 0 saturated heterocycles. The summed E-state index contributed by atoms with van der Waals surface area (Å²) in [5.74, 6) is 0.723. The number of aromatic nitrogens is 1. The van der Waals surface area contributed by atoms with Crippen molar-refractivity contribution in [3.8, 4) is 11.5 Å². The van der Waals surface area contributed by atoms with Gasteiger partial charge in [0.25, 0.3) is 5.56 Å². The van der Waals surface area contributed by atoms with Crippen LogP contribution >= 0.6 is 22.9 Å². The molecule has 194 valence electrons. The lowest BCUT2D eigenvalue weighted by molar-refractivity contribution is -0.139. The zero-order valence-electron chi connectivity index (χ0n) is 21.2. The van der Waals surface area contributed by atoms with Crippen LogP contribution in [-0.2, 0) is 9.53 Å². The first-order valence-electron chi connectivity index (χ1n) is 12.1. The first kappa shape index (κ1) is 26.7. The van der Waals surface area contributed by atoms with Gasteiger partial charge < -0.3 is 14.2 Å². The molecule has 37 heavy (non-hydrogen) atoms. The van der Waals surface area contributed by atoms with Crippen molar-refractivity contribution in [3.63, 3.8) is 0 Å². The topological polar surface area (TPSA) is 79.1 Å². The molecule has 1 atom stereocenters. The maximum Gasteiger partial charge on any atom is 0.338 e. The molecule has 0 radical (unpaired) electrons. The third-order valence-electron chi connectivity index (χ3n) is 5.96. The van der Waals surface area contributed by atoms with Crippen LogP contribution in [0.4, 0.5) is 0 Å². The molecule has 0 saturated carbocycles. The number of carbonyl (C=O) groups is 1. The lowest BCUT2D eigenvalue weighted by Gasteiger charge is -2.25. The van der Waals surface area contributed by atoms with Crippen LogP contribution in [0.2, 0.25) is 5.02 Å². The average Bonchev–Trinajstić information content (AvgIpc) is 3.18. The summed E-state index contributed by atoms with van der Waals surface area (Å²) in [6.07, 6.45) is 3.77. The van der Waals surface area contributed by atoms with Gasteiger partial charge in [0.15, 0.2) is 16.3 Å². The van der Waals surface area contributed by atoms with Crippen molar-refractivity contribution in [2.45, 2.75) is 39.7 Å². The molecule has 9 heteroatoms. The molecule has 0 unspecified atom stereocenters. The molecule has 0 bridgehead atoms. The maximum atomic E-state index is 13.7. The van der Waals surface area contributed by atoms with Crippen molar-refractivity contribution in [1.82, 2.24) is 4.57 Å². The van der Waals surface area contributed by atoms with Crippen LogP contribution in [0.3, 0.4) is 0 Å². The highest BCUT2D eigenvalue weighted by molar-refractivity contribution is 7.07. The average molecular weight is 541 g/mol. The van der Waals surface area contributed by atoms with Gasteiger partial charge in [0.2, 0.25) is 0 Å². The van der Waals surface area contributed by atoms with E-state index in [4.69, 9.17) is 25.8 Å². The van der Waals surface area contributed by atoms with E-state index in [1.807, 2.05) is 30.3 Å². The first-order chi connectivity index (χ1) is 17.9. The Morgan fingerprint density at radius 2 is 1.97 bits per heavy atom. The van der Waals surface area contributed by atoms with Crippen molar-refractivity contribution in [1.29, 1.82) is 0 Å². The summed E-state index contributed by atoms with van der Waals surface area (Å²) in [6.45, 7) is 6.40. The summed E-state index contributed by atoms with van der Waals surface area (Å²) >= 11 is 7.80. The molecular weight excluding hydrogens is 512 g/mol. The van der Waals surface area contributed by atoms with Gasteiger partial charge in [-0.3, -0.25) is 9.36 Å². The van der Waals surface area contributed by atoms with Crippen LogP contribution in [0.1, 0.15) is 50.8 Å². The van der Waals surface area contributed by atoms with Gasteiger partial charge in [0.1, 0.15) is 6.04 Å². The van der Waals surface area contributed by atoms with Crippen LogP contribution in [0.15, 0.2) is 63.5 Å². The molecule has 4 rings (SSSR count). The number of halogens is 1. The van der Waals surface area contributed by atoms with Gasteiger partial charge in [0, 0.05) is 5.02 Å². The lowest BCUT2D eigenvalue weighted by atomic mass is 9.96. The normalized spacial score (nSPS) is 15.3. The smallest absolute Gasteiger partial charge is 0.338 e. The van der Waals surface area contributed by atoms with Crippen molar-refractivity contribution in [2.24, 2.45) is 4.99 Å². The minimum Gasteiger partial charge on any atom is -0.493 e. The number of carbonyl (C=O) groups excluding carboxylic acids is 1. The monoisotopic (exact) mass is 540 g/mol. The van der Waals surface area contributed by atoms with Crippen molar-refractivity contribution in [2.75, 3.05) is 20.3 Å². The van der Waals surface area contributed by atoms with E-state index >= 15 is 0 Å². The van der Waals surface area contributed by atoms with Gasteiger partial charge in [-0.05, 0) is 55.7 Å². The van der Waals surface area contributed by atoms with Gasteiger partial charge in [-0.2, -0.15) is 0 Å². The number of fused-ring (bicyclic) bond motifs is 1. The Labute approximate surface area is 224 Å². The number of benzene rings is 2. The standard InChI is InChI=1S/C28H29ClN2O5S/c1-5-7-14-36-21-13-12-18(15-22(21)34-4)16-23-26(32)31-25(19-10-8-9-11-20(19)29)24(27(33)35-6-2)17(3)30-28(31)37-23/h8-13,15-16,25H,5-7,14H2,1-4H3/b23-16+/t25-/m0/s1. The van der Waals surface area contributed by atoms with Crippen molar-refractivity contribution >= 4 is 35.0 Å². The van der Waals surface area contributed by atoms with E-state index in [1.54, 1.807) is 39.2 Å². The Hall–Kier alpha value is -3.36. The summed E-state index contributed by atoms with van der Waals surface area (Å²) in [5.41, 5.74) is 1.92. The van der Waals surface area contributed by atoms with Crippen LogP contribution in [0.5, 0.6) is 11.5 Å². The third kappa shape index (κ3) is 5.50. The predicted molar refractivity (Wildman–Crippen MR) is 145 cm³/mol. The molecule has 1 aliphatic rings. The van der Waals surface area contributed by atoms with Crippen LogP contribution in [0.25, 0.3) is 6.08 Å². The van der Waals surface area contributed by atoms with E-state index in [2.05, 4.69) is 11.9 Å². The number of hydrogen-bond acceptors (Lipinski definition) is 7. The number of methoxy groups -OCH3 is 1. The van der Waals surface area contributed by atoms with E-state index in [0.717, 1.165) is 18.4 Å². The molecule has 2 heterocycles. The number of esters is 1. The van der Waals surface area contributed by atoms with Gasteiger partial charge in [0.05, 0.1) is 36.1 Å². The van der Waals surface area contributed by atoms with E-state index in [0.29, 0.717) is 49.3 Å². The second kappa shape index (κ2) is 11.8. The number of unbranched alkanes of at least 4 members (excludes halogenated alkanes) is 1. The van der Waals surface area contributed by atoms with E-state index in [1.165, 1.54) is 15.9 Å². The molecule has 0 amide bonds. The van der Waals surface area contributed by atoms with Gasteiger partial charge in [-0.15, -0.1) is 0 Å². The first-order valence-corrected chi connectivity index (χ1v) is 13.3. The number of ether oxygens (including phenoxy) is 3.